The highest BCUT2D eigenvalue weighted by molar-refractivity contribution is 5.81. The summed E-state index contributed by atoms with van der Waals surface area (Å²) in [5.41, 5.74) is 2.57. The molecule has 0 aromatic rings. The van der Waals surface area contributed by atoms with Gasteiger partial charge in [-0.3, -0.25) is 15.1 Å². The summed E-state index contributed by atoms with van der Waals surface area (Å²) in [5, 5.41) is 0. The number of nitrogens with one attached hydrogen (secondary N) is 1. The molecule has 2 aliphatic heterocycles. The average molecular weight is 257 g/mol. The van der Waals surface area contributed by atoms with Crippen LogP contribution in [-0.2, 0) is 14.3 Å². The molecule has 0 aliphatic carbocycles. The van der Waals surface area contributed by atoms with Crippen LogP contribution in [0.15, 0.2) is 0 Å². The molecule has 2 rings (SSSR count). The number of amides is 1. The van der Waals surface area contributed by atoms with Crippen LogP contribution in [0, 0.1) is 5.41 Å². The predicted molar refractivity (Wildman–Crippen MR) is 66.7 cm³/mol. The summed E-state index contributed by atoms with van der Waals surface area (Å²) in [5.74, 6) is 5.07. The lowest BCUT2D eigenvalue weighted by atomic mass is 9.80. The van der Waals surface area contributed by atoms with Gasteiger partial charge in [-0.05, 0) is 31.2 Å². The minimum absolute atomic E-state index is 0.166. The Morgan fingerprint density at radius 3 is 2.83 bits per heavy atom. The van der Waals surface area contributed by atoms with Crippen molar-refractivity contribution in [3.63, 3.8) is 0 Å². The van der Waals surface area contributed by atoms with Crippen LogP contribution < -0.4 is 11.3 Å². The number of likely N-dealkylation sites (tertiary alicyclic amines) is 1. The van der Waals surface area contributed by atoms with Crippen molar-refractivity contribution in [3.05, 3.63) is 0 Å². The zero-order valence-corrected chi connectivity index (χ0v) is 11.0. The Balaban J connectivity index is 1.98. The summed E-state index contributed by atoms with van der Waals surface area (Å²) in [6, 6.07) is -0.276. The van der Waals surface area contributed by atoms with Gasteiger partial charge in [0.25, 0.3) is 5.91 Å². The Bertz CT molecular complexity index is 292. The molecule has 1 atom stereocenters. The molecule has 0 bridgehead atoms. The molecule has 2 aliphatic rings. The van der Waals surface area contributed by atoms with Crippen LogP contribution in [-0.4, -0.2) is 56.9 Å². The molecule has 2 saturated heterocycles. The minimum Gasteiger partial charge on any atom is -0.383 e. The van der Waals surface area contributed by atoms with Gasteiger partial charge in [-0.25, -0.2) is 5.84 Å². The van der Waals surface area contributed by atoms with Crippen LogP contribution in [0.2, 0.25) is 0 Å². The van der Waals surface area contributed by atoms with Crippen molar-refractivity contribution in [1.29, 1.82) is 0 Å². The lowest BCUT2D eigenvalue weighted by Gasteiger charge is -2.34. The number of hydrogen-bond acceptors (Lipinski definition) is 5. The number of carbonyl (C=O) groups is 1. The number of nitrogens with two attached hydrogens (primary N) is 1. The summed E-state index contributed by atoms with van der Waals surface area (Å²) in [7, 11) is 1.61. The van der Waals surface area contributed by atoms with Crippen LogP contribution in [0.4, 0.5) is 0 Å². The molecular formula is C12H23N3O3. The number of carbonyl (C=O) groups excluding carboxylic acids is 1. The summed E-state index contributed by atoms with van der Waals surface area (Å²) < 4.78 is 10.6. The van der Waals surface area contributed by atoms with Crippen molar-refractivity contribution in [1.82, 2.24) is 10.3 Å². The highest BCUT2D eigenvalue weighted by Gasteiger charge is 2.42. The number of hydrazine groups is 1. The van der Waals surface area contributed by atoms with Crippen LogP contribution in [0.1, 0.15) is 19.3 Å². The number of hydrogen-bond donors (Lipinski definition) is 2. The predicted octanol–water partition coefficient (Wildman–Crippen LogP) is -0.506. The van der Waals surface area contributed by atoms with E-state index in [0.29, 0.717) is 12.0 Å². The lowest BCUT2D eigenvalue weighted by Crippen LogP contribution is -2.51. The molecule has 2 heterocycles. The van der Waals surface area contributed by atoms with Crippen LogP contribution >= 0.6 is 0 Å². The van der Waals surface area contributed by atoms with Crippen LogP contribution in [0.5, 0.6) is 0 Å². The van der Waals surface area contributed by atoms with Gasteiger partial charge in [0, 0.05) is 26.9 Å². The van der Waals surface area contributed by atoms with Gasteiger partial charge in [0.1, 0.15) is 6.04 Å². The summed E-state index contributed by atoms with van der Waals surface area (Å²) >= 11 is 0. The Labute approximate surface area is 108 Å². The first-order valence-electron chi connectivity index (χ1n) is 6.52. The fourth-order valence-corrected chi connectivity index (χ4v) is 3.05. The van der Waals surface area contributed by atoms with Crippen LogP contribution in [0.3, 0.4) is 0 Å². The first-order chi connectivity index (χ1) is 8.71. The Morgan fingerprint density at radius 2 is 2.22 bits per heavy atom. The maximum atomic E-state index is 11.8. The van der Waals surface area contributed by atoms with E-state index in [-0.39, 0.29) is 11.9 Å². The highest BCUT2D eigenvalue weighted by Crippen LogP contribution is 2.40. The van der Waals surface area contributed by atoms with Crippen molar-refractivity contribution in [3.8, 4) is 0 Å². The molecule has 3 N–H and O–H groups in total. The Hall–Kier alpha value is -0.690. The average Bonchev–Trinajstić information content (AvgIpc) is 2.79. The van der Waals surface area contributed by atoms with Crippen molar-refractivity contribution in [2.75, 3.05) is 40.0 Å². The topological polar surface area (TPSA) is 76.8 Å². The molecule has 6 nitrogen and oxygen atoms in total. The molecule has 0 saturated carbocycles. The molecule has 1 amide bonds. The molecule has 18 heavy (non-hydrogen) atoms. The monoisotopic (exact) mass is 257 g/mol. The fraction of sp³-hybridized carbons (Fsp3) is 0.917. The largest absolute Gasteiger partial charge is 0.383 e. The standard InChI is InChI=1S/C12H23N3O3/c1-17-8-10(11(16)14-13)15-5-2-12(9-15)3-6-18-7-4-12/h10H,2-9,13H2,1H3,(H,14,16). The SMILES string of the molecule is COCC(C(=O)NN)N1CCC2(CCOCC2)C1. The van der Waals surface area contributed by atoms with Crippen molar-refractivity contribution in [2.45, 2.75) is 25.3 Å². The zero-order chi connectivity index (χ0) is 13.0. The van der Waals surface area contributed by atoms with Gasteiger partial charge in [0.2, 0.25) is 0 Å². The summed E-state index contributed by atoms with van der Waals surface area (Å²) in [4.78, 5) is 14.0. The molecule has 6 heteroatoms. The fourth-order valence-electron chi connectivity index (χ4n) is 3.05. The van der Waals surface area contributed by atoms with E-state index >= 15 is 0 Å². The molecule has 2 fully saturated rings. The molecular weight excluding hydrogens is 234 g/mol. The normalized spacial score (nSPS) is 25.2. The summed E-state index contributed by atoms with van der Waals surface area (Å²) in [6.07, 6.45) is 3.31. The van der Waals surface area contributed by atoms with E-state index in [0.717, 1.165) is 45.6 Å². The number of nitrogens with zero attached hydrogens (tertiary/aromatic N) is 1. The molecule has 1 spiro atoms. The second kappa shape index (κ2) is 5.97. The van der Waals surface area contributed by atoms with Gasteiger partial charge < -0.3 is 9.47 Å². The van der Waals surface area contributed by atoms with Gasteiger partial charge in [0.05, 0.1) is 6.61 Å². The molecule has 0 radical (unpaired) electrons. The quantitative estimate of drug-likeness (QED) is 0.403. The van der Waals surface area contributed by atoms with E-state index in [1.807, 2.05) is 0 Å². The molecule has 104 valence electrons. The first-order valence-corrected chi connectivity index (χ1v) is 6.52. The molecule has 1 unspecified atom stereocenters. The second-order valence-electron chi connectivity index (χ2n) is 5.31. The van der Waals surface area contributed by atoms with E-state index in [9.17, 15) is 4.79 Å². The molecule has 0 aromatic heterocycles. The van der Waals surface area contributed by atoms with E-state index < -0.39 is 0 Å². The molecule has 0 aromatic carbocycles. The van der Waals surface area contributed by atoms with Crippen molar-refractivity contribution < 1.29 is 14.3 Å². The zero-order valence-electron chi connectivity index (χ0n) is 11.0. The maximum absolute atomic E-state index is 11.8. The van der Waals surface area contributed by atoms with E-state index in [1.54, 1.807) is 7.11 Å². The Morgan fingerprint density at radius 1 is 1.50 bits per heavy atom. The lowest BCUT2D eigenvalue weighted by molar-refractivity contribution is -0.128. The third-order valence-electron chi connectivity index (χ3n) is 4.23. The van der Waals surface area contributed by atoms with Crippen LogP contribution in [0.25, 0.3) is 0 Å². The maximum Gasteiger partial charge on any atom is 0.253 e. The van der Waals surface area contributed by atoms with Gasteiger partial charge in [-0.15, -0.1) is 0 Å². The minimum atomic E-state index is -0.276. The van der Waals surface area contributed by atoms with Gasteiger partial charge in [-0.1, -0.05) is 0 Å². The highest BCUT2D eigenvalue weighted by atomic mass is 16.5. The van der Waals surface area contributed by atoms with E-state index in [4.69, 9.17) is 15.3 Å². The number of rotatable bonds is 4. The third kappa shape index (κ3) is 2.83. The number of ether oxygens (including phenoxy) is 2. The first kappa shape index (κ1) is 13.7. The van der Waals surface area contributed by atoms with Gasteiger partial charge in [0.15, 0.2) is 0 Å². The second-order valence-corrected chi connectivity index (χ2v) is 5.31. The van der Waals surface area contributed by atoms with Gasteiger partial charge in [-0.2, -0.15) is 0 Å². The number of methoxy groups -OCH3 is 1. The van der Waals surface area contributed by atoms with E-state index in [2.05, 4.69) is 10.3 Å². The Kier molecular flexibility index (Phi) is 4.55. The summed E-state index contributed by atoms with van der Waals surface area (Å²) in [6.45, 7) is 3.94. The van der Waals surface area contributed by atoms with Gasteiger partial charge >= 0.3 is 0 Å². The van der Waals surface area contributed by atoms with Crippen molar-refractivity contribution in [2.24, 2.45) is 11.3 Å². The van der Waals surface area contributed by atoms with Crippen molar-refractivity contribution >= 4 is 5.91 Å². The smallest absolute Gasteiger partial charge is 0.253 e. The van der Waals surface area contributed by atoms with E-state index in [1.165, 1.54) is 0 Å². The third-order valence-corrected chi connectivity index (χ3v) is 4.23.